The molecule has 2 nitrogen and oxygen atoms in total. The van der Waals surface area contributed by atoms with Crippen molar-refractivity contribution in [1.82, 2.24) is 0 Å². The summed E-state index contributed by atoms with van der Waals surface area (Å²) in [5, 5.41) is 10.9. The van der Waals surface area contributed by atoms with Gasteiger partial charge in [0.05, 0.1) is 6.10 Å². The summed E-state index contributed by atoms with van der Waals surface area (Å²) in [4.78, 5) is 0. The van der Waals surface area contributed by atoms with E-state index in [2.05, 4.69) is 0 Å². The van der Waals surface area contributed by atoms with E-state index in [0.717, 1.165) is 11.1 Å². The van der Waals surface area contributed by atoms with Crippen molar-refractivity contribution in [3.05, 3.63) is 34.3 Å². The maximum absolute atomic E-state index is 10.2. The highest BCUT2D eigenvalue weighted by atomic mass is 35.5. The fourth-order valence-electron chi connectivity index (χ4n) is 1.48. The molecule has 3 N–H and O–H groups in total. The number of nitrogens with two attached hydrogens (primary N) is 1. The number of hydrogen-bond acceptors (Lipinski definition) is 2. The first kappa shape index (κ1) is 12.5. The van der Waals surface area contributed by atoms with Crippen LogP contribution in [0.1, 0.15) is 31.1 Å². The zero-order valence-electron chi connectivity index (χ0n) is 9.42. The lowest BCUT2D eigenvalue weighted by Gasteiger charge is -2.30. The number of aryl methyl sites for hydroxylation is 1. The van der Waals surface area contributed by atoms with Crippen molar-refractivity contribution >= 4 is 11.6 Å². The Morgan fingerprint density at radius 3 is 2.53 bits per heavy atom. The Balaban J connectivity index is 3.06. The molecule has 0 spiro atoms. The summed E-state index contributed by atoms with van der Waals surface area (Å²) in [6, 6.07) is 5.51. The molecule has 1 rings (SSSR count). The van der Waals surface area contributed by atoms with Crippen LogP contribution in [-0.4, -0.2) is 11.7 Å². The first-order valence-corrected chi connectivity index (χ1v) is 5.40. The predicted molar refractivity (Wildman–Crippen MR) is 64.0 cm³/mol. The molecule has 15 heavy (non-hydrogen) atoms. The number of halogens is 1. The lowest BCUT2D eigenvalue weighted by atomic mass is 9.81. The third-order valence-electron chi connectivity index (χ3n) is 2.79. The molecule has 0 radical (unpaired) electrons. The molecule has 1 aromatic carbocycles. The van der Waals surface area contributed by atoms with Crippen LogP contribution >= 0.6 is 11.6 Å². The molecule has 0 aliphatic carbocycles. The third kappa shape index (κ3) is 2.71. The Labute approximate surface area is 96.1 Å². The fraction of sp³-hybridized carbons (Fsp3) is 0.500. The van der Waals surface area contributed by atoms with Gasteiger partial charge in [-0.2, -0.15) is 0 Å². The van der Waals surface area contributed by atoms with E-state index in [-0.39, 0.29) is 5.41 Å². The molecule has 0 saturated carbocycles. The molecule has 0 aromatic heterocycles. The minimum absolute atomic E-state index is 0.321. The lowest BCUT2D eigenvalue weighted by molar-refractivity contribution is 0.0550. The number of rotatable bonds is 3. The third-order valence-corrected chi connectivity index (χ3v) is 3.03. The summed E-state index contributed by atoms with van der Waals surface area (Å²) in [6.07, 6.45) is -0.556. The minimum Gasteiger partial charge on any atom is -0.388 e. The van der Waals surface area contributed by atoms with Crippen LogP contribution < -0.4 is 5.73 Å². The predicted octanol–water partition coefficient (Wildman–Crippen LogP) is 2.67. The molecule has 1 unspecified atom stereocenters. The maximum atomic E-state index is 10.2. The molecule has 1 aromatic rings. The van der Waals surface area contributed by atoms with Crippen LogP contribution in [0.3, 0.4) is 0 Å². The largest absolute Gasteiger partial charge is 0.388 e. The van der Waals surface area contributed by atoms with Gasteiger partial charge in [0, 0.05) is 17.0 Å². The van der Waals surface area contributed by atoms with E-state index < -0.39 is 6.10 Å². The normalized spacial score (nSPS) is 14.0. The van der Waals surface area contributed by atoms with Gasteiger partial charge in [0.1, 0.15) is 0 Å². The molecular formula is C12H18ClNO. The average Bonchev–Trinajstić information content (AvgIpc) is 2.17. The summed E-state index contributed by atoms with van der Waals surface area (Å²) < 4.78 is 0. The lowest BCUT2D eigenvalue weighted by Crippen LogP contribution is -2.31. The molecular weight excluding hydrogens is 210 g/mol. The number of hydrogen-bond donors (Lipinski definition) is 2. The highest BCUT2D eigenvalue weighted by Gasteiger charge is 2.28. The van der Waals surface area contributed by atoms with E-state index in [9.17, 15) is 5.11 Å². The number of aliphatic hydroxyl groups excluding tert-OH is 1. The maximum Gasteiger partial charge on any atom is 0.0855 e. The van der Waals surface area contributed by atoms with Crippen LogP contribution in [0.2, 0.25) is 5.02 Å². The molecule has 84 valence electrons. The molecule has 0 saturated heterocycles. The van der Waals surface area contributed by atoms with E-state index in [1.54, 1.807) is 6.07 Å². The molecule has 0 aliphatic rings. The van der Waals surface area contributed by atoms with Crippen molar-refractivity contribution in [3.63, 3.8) is 0 Å². The van der Waals surface area contributed by atoms with Gasteiger partial charge in [-0.1, -0.05) is 31.5 Å². The van der Waals surface area contributed by atoms with Crippen molar-refractivity contribution in [3.8, 4) is 0 Å². The van der Waals surface area contributed by atoms with Gasteiger partial charge in [-0.25, -0.2) is 0 Å². The molecule has 3 heteroatoms. The first-order chi connectivity index (χ1) is 6.88. The zero-order valence-corrected chi connectivity index (χ0v) is 10.2. The standard InChI is InChI=1S/C12H18ClNO/c1-8-6-9(13)4-5-10(8)11(15)12(2,3)7-14/h4-6,11,15H,7,14H2,1-3H3. The van der Waals surface area contributed by atoms with Crippen molar-refractivity contribution in [1.29, 1.82) is 0 Å². The van der Waals surface area contributed by atoms with Crippen LogP contribution in [0.25, 0.3) is 0 Å². The Hall–Kier alpha value is -0.570. The Morgan fingerprint density at radius 1 is 1.47 bits per heavy atom. The zero-order chi connectivity index (χ0) is 11.6. The Bertz CT molecular complexity index is 349. The molecule has 0 bridgehead atoms. The summed E-state index contributed by atoms with van der Waals surface area (Å²) in [5.74, 6) is 0. The van der Waals surface area contributed by atoms with Crippen molar-refractivity contribution in [2.45, 2.75) is 26.9 Å². The highest BCUT2D eigenvalue weighted by Crippen LogP contribution is 2.34. The van der Waals surface area contributed by atoms with Gasteiger partial charge in [-0.3, -0.25) is 0 Å². The number of benzene rings is 1. The van der Waals surface area contributed by atoms with Crippen molar-refractivity contribution in [2.24, 2.45) is 11.1 Å². The summed E-state index contributed by atoms with van der Waals surface area (Å²) in [5.41, 5.74) is 7.21. The monoisotopic (exact) mass is 227 g/mol. The van der Waals surface area contributed by atoms with Crippen LogP contribution in [0.15, 0.2) is 18.2 Å². The molecule has 0 heterocycles. The van der Waals surface area contributed by atoms with Gasteiger partial charge in [0.15, 0.2) is 0 Å². The highest BCUT2D eigenvalue weighted by molar-refractivity contribution is 6.30. The molecule has 0 aliphatic heterocycles. The fourth-order valence-corrected chi connectivity index (χ4v) is 1.71. The van der Waals surface area contributed by atoms with E-state index in [4.69, 9.17) is 17.3 Å². The van der Waals surface area contributed by atoms with Gasteiger partial charge in [-0.15, -0.1) is 0 Å². The van der Waals surface area contributed by atoms with Crippen LogP contribution in [0, 0.1) is 12.3 Å². The van der Waals surface area contributed by atoms with Gasteiger partial charge in [0.25, 0.3) is 0 Å². The Kier molecular flexibility index (Phi) is 3.77. The van der Waals surface area contributed by atoms with Crippen LogP contribution in [0.4, 0.5) is 0 Å². The van der Waals surface area contributed by atoms with E-state index in [1.165, 1.54) is 0 Å². The van der Waals surface area contributed by atoms with E-state index >= 15 is 0 Å². The quantitative estimate of drug-likeness (QED) is 0.834. The second-order valence-electron chi connectivity index (χ2n) is 4.60. The SMILES string of the molecule is Cc1cc(Cl)ccc1C(O)C(C)(C)CN. The van der Waals surface area contributed by atoms with Gasteiger partial charge < -0.3 is 10.8 Å². The van der Waals surface area contributed by atoms with Gasteiger partial charge >= 0.3 is 0 Å². The van der Waals surface area contributed by atoms with Gasteiger partial charge in [-0.05, 0) is 30.2 Å². The smallest absolute Gasteiger partial charge is 0.0855 e. The first-order valence-electron chi connectivity index (χ1n) is 5.02. The molecule has 0 amide bonds. The minimum atomic E-state index is -0.556. The Morgan fingerprint density at radius 2 is 2.07 bits per heavy atom. The number of aliphatic hydroxyl groups is 1. The van der Waals surface area contributed by atoms with Crippen LogP contribution in [0.5, 0.6) is 0 Å². The summed E-state index contributed by atoms with van der Waals surface area (Å²) >= 11 is 5.86. The average molecular weight is 228 g/mol. The van der Waals surface area contributed by atoms with Crippen LogP contribution in [-0.2, 0) is 0 Å². The summed E-state index contributed by atoms with van der Waals surface area (Å²) in [7, 11) is 0. The van der Waals surface area contributed by atoms with E-state index in [1.807, 2.05) is 32.9 Å². The van der Waals surface area contributed by atoms with Crippen molar-refractivity contribution < 1.29 is 5.11 Å². The topological polar surface area (TPSA) is 46.2 Å². The molecule has 0 fully saturated rings. The van der Waals surface area contributed by atoms with E-state index in [0.29, 0.717) is 11.6 Å². The second kappa shape index (κ2) is 4.52. The molecule has 1 atom stereocenters. The second-order valence-corrected chi connectivity index (χ2v) is 5.03. The summed E-state index contributed by atoms with van der Waals surface area (Å²) in [6.45, 7) is 6.28. The van der Waals surface area contributed by atoms with Gasteiger partial charge in [0.2, 0.25) is 0 Å². The van der Waals surface area contributed by atoms with Crippen molar-refractivity contribution in [2.75, 3.05) is 6.54 Å².